The van der Waals surface area contributed by atoms with Crippen molar-refractivity contribution in [2.45, 2.75) is 19.1 Å². The van der Waals surface area contributed by atoms with Gasteiger partial charge in [0.15, 0.2) is 5.13 Å². The summed E-state index contributed by atoms with van der Waals surface area (Å²) in [6.45, 7) is 4.09. The summed E-state index contributed by atoms with van der Waals surface area (Å²) in [5.74, 6) is 0.438. The minimum Gasteiger partial charge on any atom is -0.411 e. The number of thioether (sulfide) groups is 1. The SMILES string of the molecule is Cc1ccc(-c2nnc(SCC(=O)Nc3nc(-c4ccccc4)cs3)o2)cc1C. The lowest BCUT2D eigenvalue weighted by molar-refractivity contribution is -0.113. The second-order valence-electron chi connectivity index (χ2n) is 6.41. The molecule has 1 amide bonds. The fraction of sp³-hybridized carbons (Fsp3) is 0.143. The van der Waals surface area contributed by atoms with Crippen LogP contribution in [0.25, 0.3) is 22.7 Å². The number of carbonyl (C=O) groups is 1. The van der Waals surface area contributed by atoms with Crippen molar-refractivity contribution < 1.29 is 9.21 Å². The van der Waals surface area contributed by atoms with Gasteiger partial charge in [-0.25, -0.2) is 4.98 Å². The first kappa shape index (κ1) is 19.4. The third kappa shape index (κ3) is 4.72. The molecule has 1 N–H and O–H groups in total. The summed E-state index contributed by atoms with van der Waals surface area (Å²) in [6.07, 6.45) is 0. The third-order valence-corrected chi connectivity index (χ3v) is 5.88. The number of aryl methyl sites for hydroxylation is 2. The van der Waals surface area contributed by atoms with E-state index in [0.717, 1.165) is 22.4 Å². The van der Waals surface area contributed by atoms with Crippen LogP contribution in [0.15, 0.2) is 63.6 Å². The van der Waals surface area contributed by atoms with Crippen LogP contribution in [0.4, 0.5) is 5.13 Å². The first-order chi connectivity index (χ1) is 14.1. The molecule has 0 fully saturated rings. The molecule has 0 aliphatic carbocycles. The molecule has 29 heavy (non-hydrogen) atoms. The second kappa shape index (κ2) is 8.59. The molecule has 2 aromatic carbocycles. The summed E-state index contributed by atoms with van der Waals surface area (Å²) in [5, 5.41) is 13.8. The maximum absolute atomic E-state index is 12.2. The normalized spacial score (nSPS) is 10.8. The lowest BCUT2D eigenvalue weighted by atomic mass is 10.1. The number of hydrogen-bond donors (Lipinski definition) is 1. The van der Waals surface area contributed by atoms with Crippen molar-refractivity contribution in [2.24, 2.45) is 0 Å². The standard InChI is InChI=1S/C21H18N4O2S2/c1-13-8-9-16(10-14(13)2)19-24-25-21(27-19)29-12-18(26)23-20-22-17(11-28-20)15-6-4-3-5-7-15/h3-11H,12H2,1-2H3,(H,22,23,26). The number of carbonyl (C=O) groups excluding carboxylic acids is 1. The van der Waals surface area contributed by atoms with Gasteiger partial charge in [0.2, 0.25) is 11.8 Å². The molecule has 0 atom stereocenters. The lowest BCUT2D eigenvalue weighted by Crippen LogP contribution is -2.13. The zero-order valence-electron chi connectivity index (χ0n) is 15.9. The van der Waals surface area contributed by atoms with Gasteiger partial charge in [-0.3, -0.25) is 4.79 Å². The van der Waals surface area contributed by atoms with Crippen LogP contribution in [-0.4, -0.2) is 26.8 Å². The Morgan fingerprint density at radius 2 is 1.90 bits per heavy atom. The van der Waals surface area contributed by atoms with Crippen molar-refractivity contribution in [1.29, 1.82) is 0 Å². The van der Waals surface area contributed by atoms with Gasteiger partial charge in [0.1, 0.15) is 0 Å². The van der Waals surface area contributed by atoms with Crippen molar-refractivity contribution in [3.8, 4) is 22.7 Å². The van der Waals surface area contributed by atoms with Gasteiger partial charge in [-0.15, -0.1) is 21.5 Å². The lowest BCUT2D eigenvalue weighted by Gasteiger charge is -2.01. The first-order valence-corrected chi connectivity index (χ1v) is 10.8. The minimum absolute atomic E-state index is 0.162. The van der Waals surface area contributed by atoms with E-state index >= 15 is 0 Å². The molecule has 0 radical (unpaired) electrons. The number of nitrogens with one attached hydrogen (secondary N) is 1. The summed E-state index contributed by atoms with van der Waals surface area (Å²) in [6, 6.07) is 15.8. The van der Waals surface area contributed by atoms with Crippen molar-refractivity contribution in [1.82, 2.24) is 15.2 Å². The maximum atomic E-state index is 12.2. The predicted octanol–water partition coefficient (Wildman–Crippen LogP) is 5.21. The number of nitrogens with zero attached hydrogens (tertiary/aromatic N) is 3. The van der Waals surface area contributed by atoms with Crippen molar-refractivity contribution in [2.75, 3.05) is 11.1 Å². The third-order valence-electron chi connectivity index (χ3n) is 4.31. The molecule has 146 valence electrons. The van der Waals surface area contributed by atoms with Gasteiger partial charge < -0.3 is 9.73 Å². The molecule has 6 nitrogen and oxygen atoms in total. The van der Waals surface area contributed by atoms with E-state index in [-0.39, 0.29) is 11.7 Å². The Kier molecular flexibility index (Phi) is 5.73. The maximum Gasteiger partial charge on any atom is 0.277 e. The fourth-order valence-corrected chi connectivity index (χ4v) is 3.91. The van der Waals surface area contributed by atoms with Crippen LogP contribution in [0.5, 0.6) is 0 Å². The van der Waals surface area contributed by atoms with Crippen molar-refractivity contribution >= 4 is 34.1 Å². The van der Waals surface area contributed by atoms with Crippen molar-refractivity contribution in [3.63, 3.8) is 0 Å². The molecular formula is C21H18N4O2S2. The molecule has 8 heteroatoms. The summed E-state index contributed by atoms with van der Waals surface area (Å²) >= 11 is 2.59. The molecule has 0 aliphatic rings. The van der Waals surface area contributed by atoms with Gasteiger partial charge in [0, 0.05) is 16.5 Å². The van der Waals surface area contributed by atoms with Gasteiger partial charge in [0.05, 0.1) is 11.4 Å². The van der Waals surface area contributed by atoms with E-state index in [4.69, 9.17) is 4.42 Å². The Balaban J connectivity index is 1.34. The molecule has 0 saturated heterocycles. The van der Waals surface area contributed by atoms with Crippen LogP contribution in [0.1, 0.15) is 11.1 Å². The Bertz CT molecular complexity index is 1140. The van der Waals surface area contributed by atoms with Gasteiger partial charge in [-0.1, -0.05) is 48.2 Å². The van der Waals surface area contributed by atoms with Crippen LogP contribution < -0.4 is 5.32 Å². The van der Waals surface area contributed by atoms with Gasteiger partial charge >= 0.3 is 0 Å². The van der Waals surface area contributed by atoms with Crippen LogP contribution >= 0.6 is 23.1 Å². The van der Waals surface area contributed by atoms with E-state index < -0.39 is 0 Å². The molecule has 2 heterocycles. The number of aromatic nitrogens is 3. The van der Waals surface area contributed by atoms with E-state index in [0.29, 0.717) is 16.2 Å². The highest BCUT2D eigenvalue weighted by Crippen LogP contribution is 2.26. The summed E-state index contributed by atoms with van der Waals surface area (Å²) in [4.78, 5) is 16.7. The largest absolute Gasteiger partial charge is 0.411 e. The number of rotatable bonds is 6. The summed E-state index contributed by atoms with van der Waals surface area (Å²) in [5.41, 5.74) is 5.09. The molecule has 4 rings (SSSR count). The van der Waals surface area contributed by atoms with E-state index in [2.05, 4.69) is 27.4 Å². The molecule has 0 spiro atoms. The van der Waals surface area contributed by atoms with Crippen LogP contribution in [0, 0.1) is 13.8 Å². The van der Waals surface area contributed by atoms with Gasteiger partial charge in [0.25, 0.3) is 5.22 Å². The topological polar surface area (TPSA) is 80.9 Å². The van der Waals surface area contributed by atoms with Crippen LogP contribution in [0.2, 0.25) is 0 Å². The van der Waals surface area contributed by atoms with E-state index in [9.17, 15) is 4.79 Å². The van der Waals surface area contributed by atoms with E-state index in [1.807, 2.05) is 60.8 Å². The Labute approximate surface area is 176 Å². The smallest absolute Gasteiger partial charge is 0.277 e. The fourth-order valence-electron chi connectivity index (χ4n) is 2.61. The quantitative estimate of drug-likeness (QED) is 0.430. The minimum atomic E-state index is -0.171. The molecule has 0 aliphatic heterocycles. The monoisotopic (exact) mass is 422 g/mol. The molecule has 2 aromatic heterocycles. The molecule has 0 bridgehead atoms. The van der Waals surface area contributed by atoms with Crippen LogP contribution in [-0.2, 0) is 4.79 Å². The van der Waals surface area contributed by atoms with E-state index in [1.165, 1.54) is 28.7 Å². The highest BCUT2D eigenvalue weighted by Gasteiger charge is 2.13. The molecule has 4 aromatic rings. The summed E-state index contributed by atoms with van der Waals surface area (Å²) < 4.78 is 5.67. The van der Waals surface area contributed by atoms with Crippen molar-refractivity contribution in [3.05, 3.63) is 65.0 Å². The molecule has 0 unspecified atom stereocenters. The number of hydrogen-bond acceptors (Lipinski definition) is 7. The zero-order chi connectivity index (χ0) is 20.2. The Hall–Kier alpha value is -2.97. The number of amides is 1. The predicted molar refractivity (Wildman–Crippen MR) is 116 cm³/mol. The average Bonchev–Trinajstić information content (AvgIpc) is 3.39. The Morgan fingerprint density at radius 3 is 2.69 bits per heavy atom. The molecule has 0 saturated carbocycles. The van der Waals surface area contributed by atoms with E-state index in [1.54, 1.807) is 0 Å². The highest BCUT2D eigenvalue weighted by atomic mass is 32.2. The van der Waals surface area contributed by atoms with Gasteiger partial charge in [-0.05, 0) is 37.1 Å². The van der Waals surface area contributed by atoms with Gasteiger partial charge in [-0.2, -0.15) is 0 Å². The first-order valence-electron chi connectivity index (χ1n) is 8.93. The summed E-state index contributed by atoms with van der Waals surface area (Å²) in [7, 11) is 0. The average molecular weight is 423 g/mol. The zero-order valence-corrected chi connectivity index (χ0v) is 17.5. The highest BCUT2D eigenvalue weighted by molar-refractivity contribution is 7.99. The van der Waals surface area contributed by atoms with Crippen LogP contribution in [0.3, 0.4) is 0 Å². The number of anilines is 1. The Morgan fingerprint density at radius 1 is 1.07 bits per heavy atom. The molecular weight excluding hydrogens is 404 g/mol. The number of thiazole rings is 1. The second-order valence-corrected chi connectivity index (χ2v) is 8.20. The number of benzene rings is 2.